The van der Waals surface area contributed by atoms with Crippen molar-refractivity contribution in [3.63, 3.8) is 0 Å². The number of aldehydes is 1. The first-order chi connectivity index (χ1) is 13.7. The summed E-state index contributed by atoms with van der Waals surface area (Å²) in [4.78, 5) is 43.5. The number of nitrogens with zero attached hydrogens (tertiary/aromatic N) is 4. The highest BCUT2D eigenvalue weighted by Gasteiger charge is 2.41. The standard InChI is InChI=1S/C19H26FN5O3S/c1-19(2,20)9-15(17(28)25-11-13(12-26)8-14(25)10-21)24(3)16(27)4-5-22-18-23-6-7-29-18/h6-7,12-15H,4-5,8-9,11H2,1-3H3,(H,22,23)/t13-,14?,15?/m0/s1. The normalized spacial score (nSPS) is 20.0. The van der Waals surface area contributed by atoms with Gasteiger partial charge in [-0.3, -0.25) is 9.59 Å². The Balaban J connectivity index is 2.09. The molecule has 8 nitrogen and oxygen atoms in total. The maximum absolute atomic E-state index is 14.4. The minimum Gasteiger partial charge on any atom is -0.361 e. The number of carbonyl (C=O) groups is 3. The van der Waals surface area contributed by atoms with Crippen LogP contribution in [0.2, 0.25) is 0 Å². The van der Waals surface area contributed by atoms with Crippen LogP contribution in [0.5, 0.6) is 0 Å². The first-order valence-electron chi connectivity index (χ1n) is 9.39. The Morgan fingerprint density at radius 1 is 1.59 bits per heavy atom. The van der Waals surface area contributed by atoms with Gasteiger partial charge >= 0.3 is 0 Å². The van der Waals surface area contributed by atoms with Gasteiger partial charge in [0.05, 0.1) is 6.07 Å². The minimum atomic E-state index is -1.69. The number of thiazole rings is 1. The van der Waals surface area contributed by atoms with Gasteiger partial charge in [-0.2, -0.15) is 5.26 Å². The highest BCUT2D eigenvalue weighted by Crippen LogP contribution is 2.27. The highest BCUT2D eigenvalue weighted by molar-refractivity contribution is 7.13. The van der Waals surface area contributed by atoms with Crippen LogP contribution in [0.25, 0.3) is 0 Å². The van der Waals surface area contributed by atoms with E-state index in [2.05, 4.69) is 10.3 Å². The molecule has 0 radical (unpaired) electrons. The van der Waals surface area contributed by atoms with Crippen molar-refractivity contribution in [3.8, 4) is 6.07 Å². The van der Waals surface area contributed by atoms with Gasteiger partial charge in [0.25, 0.3) is 0 Å². The number of halogens is 1. The number of hydrogen-bond acceptors (Lipinski definition) is 7. The number of nitriles is 1. The summed E-state index contributed by atoms with van der Waals surface area (Å²) in [5.41, 5.74) is -1.69. The third-order valence-electron chi connectivity index (χ3n) is 4.83. The summed E-state index contributed by atoms with van der Waals surface area (Å²) >= 11 is 1.41. The Labute approximate surface area is 173 Å². The molecule has 2 amide bonds. The Hall–Kier alpha value is -2.54. The van der Waals surface area contributed by atoms with Gasteiger partial charge in [0.15, 0.2) is 5.13 Å². The fourth-order valence-corrected chi connectivity index (χ4v) is 3.87. The van der Waals surface area contributed by atoms with Crippen molar-refractivity contribution in [2.45, 2.75) is 50.9 Å². The second-order valence-corrected chi connectivity index (χ2v) is 8.62. The number of likely N-dealkylation sites (tertiary alicyclic amines) is 1. The molecule has 1 saturated heterocycles. The molecule has 0 aliphatic carbocycles. The van der Waals surface area contributed by atoms with Crippen LogP contribution in [0, 0.1) is 17.2 Å². The van der Waals surface area contributed by atoms with Crippen molar-refractivity contribution in [2.24, 2.45) is 5.92 Å². The number of anilines is 1. The molecule has 2 rings (SSSR count). The lowest BCUT2D eigenvalue weighted by atomic mass is 9.98. The molecule has 158 valence electrons. The number of hydrogen-bond donors (Lipinski definition) is 1. The molecule has 1 aliphatic heterocycles. The predicted octanol–water partition coefficient (Wildman–Crippen LogP) is 1.85. The molecule has 3 atom stereocenters. The number of nitrogens with one attached hydrogen (secondary N) is 1. The minimum absolute atomic E-state index is 0.102. The molecule has 1 aromatic rings. The number of likely N-dealkylation sites (N-methyl/N-ethyl adjacent to an activating group) is 1. The highest BCUT2D eigenvalue weighted by atomic mass is 32.1. The van der Waals surface area contributed by atoms with Gasteiger partial charge in [-0.1, -0.05) is 0 Å². The molecule has 10 heteroatoms. The van der Waals surface area contributed by atoms with E-state index in [0.717, 1.165) is 6.29 Å². The molecule has 1 N–H and O–H groups in total. The van der Waals surface area contributed by atoms with Gasteiger partial charge in [0.1, 0.15) is 24.0 Å². The van der Waals surface area contributed by atoms with Crippen molar-refractivity contribution in [1.29, 1.82) is 5.26 Å². The fourth-order valence-electron chi connectivity index (χ4n) is 3.31. The summed E-state index contributed by atoms with van der Waals surface area (Å²) in [6.45, 7) is 3.12. The lowest BCUT2D eigenvalue weighted by Crippen LogP contribution is -2.52. The van der Waals surface area contributed by atoms with E-state index in [1.807, 2.05) is 11.4 Å². The average Bonchev–Trinajstić information content (AvgIpc) is 3.33. The number of alkyl halides is 1. The molecule has 2 unspecified atom stereocenters. The summed E-state index contributed by atoms with van der Waals surface area (Å²) < 4.78 is 14.4. The third kappa shape index (κ3) is 6.22. The molecule has 0 spiro atoms. The fraction of sp³-hybridized carbons (Fsp3) is 0.632. The van der Waals surface area contributed by atoms with Crippen LogP contribution in [0.3, 0.4) is 0 Å². The molecule has 1 aromatic heterocycles. The maximum Gasteiger partial charge on any atom is 0.246 e. The van der Waals surface area contributed by atoms with Crippen molar-refractivity contribution in [1.82, 2.24) is 14.8 Å². The first-order valence-corrected chi connectivity index (χ1v) is 10.3. The van der Waals surface area contributed by atoms with Crippen LogP contribution in [-0.2, 0) is 14.4 Å². The summed E-state index contributed by atoms with van der Waals surface area (Å²) in [7, 11) is 1.47. The summed E-state index contributed by atoms with van der Waals surface area (Å²) in [5.74, 6) is -1.25. The summed E-state index contributed by atoms with van der Waals surface area (Å²) in [6.07, 6.45) is 2.53. The van der Waals surface area contributed by atoms with Crippen LogP contribution >= 0.6 is 11.3 Å². The molecule has 1 fully saturated rings. The molecule has 0 saturated carbocycles. The second kappa shape index (κ2) is 9.78. The zero-order chi connectivity index (χ0) is 21.6. The Morgan fingerprint density at radius 3 is 2.86 bits per heavy atom. The zero-order valence-corrected chi connectivity index (χ0v) is 17.6. The van der Waals surface area contributed by atoms with Gasteiger partial charge in [0, 0.05) is 50.5 Å². The number of rotatable bonds is 9. The summed E-state index contributed by atoms with van der Waals surface area (Å²) in [5, 5.41) is 14.9. The molecule has 0 bridgehead atoms. The molecular weight excluding hydrogens is 397 g/mol. The topological polar surface area (TPSA) is 106 Å². The van der Waals surface area contributed by atoms with E-state index >= 15 is 0 Å². The van der Waals surface area contributed by atoms with Crippen LogP contribution in [0.4, 0.5) is 9.52 Å². The molecule has 1 aliphatic rings. The maximum atomic E-state index is 14.4. The van der Waals surface area contributed by atoms with Crippen molar-refractivity contribution in [2.75, 3.05) is 25.5 Å². The van der Waals surface area contributed by atoms with Gasteiger partial charge < -0.3 is 19.9 Å². The number of amides is 2. The smallest absolute Gasteiger partial charge is 0.246 e. The van der Waals surface area contributed by atoms with Gasteiger partial charge in [-0.05, 0) is 20.3 Å². The van der Waals surface area contributed by atoms with Gasteiger partial charge in [-0.25, -0.2) is 9.37 Å². The van der Waals surface area contributed by atoms with E-state index in [1.54, 1.807) is 6.20 Å². The Bertz CT molecular complexity index is 759. The Morgan fingerprint density at radius 2 is 2.31 bits per heavy atom. The van der Waals surface area contributed by atoms with Crippen LogP contribution in [0.1, 0.15) is 33.1 Å². The van der Waals surface area contributed by atoms with Crippen molar-refractivity contribution >= 4 is 34.6 Å². The predicted molar refractivity (Wildman–Crippen MR) is 107 cm³/mol. The van der Waals surface area contributed by atoms with E-state index in [-0.39, 0.29) is 31.7 Å². The van der Waals surface area contributed by atoms with E-state index in [0.29, 0.717) is 11.7 Å². The van der Waals surface area contributed by atoms with E-state index < -0.39 is 29.6 Å². The van der Waals surface area contributed by atoms with E-state index in [1.165, 1.54) is 42.0 Å². The van der Waals surface area contributed by atoms with Crippen molar-refractivity contribution in [3.05, 3.63) is 11.6 Å². The summed E-state index contributed by atoms with van der Waals surface area (Å²) in [6, 6.07) is 0.224. The lowest BCUT2D eigenvalue weighted by Gasteiger charge is -2.34. The van der Waals surface area contributed by atoms with Crippen LogP contribution in [-0.4, -0.2) is 70.8 Å². The number of aromatic nitrogens is 1. The van der Waals surface area contributed by atoms with Crippen LogP contribution in [0.15, 0.2) is 11.6 Å². The lowest BCUT2D eigenvalue weighted by molar-refractivity contribution is -0.146. The molecule has 29 heavy (non-hydrogen) atoms. The molecule has 0 aromatic carbocycles. The third-order valence-corrected chi connectivity index (χ3v) is 5.56. The SMILES string of the molecule is CN(C(=O)CCNc1nccs1)C(CC(C)(C)F)C(=O)N1C[C@@H](C=O)CC1C#N. The molecular formula is C19H26FN5O3S. The van der Waals surface area contributed by atoms with E-state index in [9.17, 15) is 24.0 Å². The Kier molecular flexibility index (Phi) is 7.67. The largest absolute Gasteiger partial charge is 0.361 e. The first kappa shape index (κ1) is 22.7. The number of carbonyl (C=O) groups excluding carboxylic acids is 3. The van der Waals surface area contributed by atoms with Gasteiger partial charge in [-0.15, -0.1) is 11.3 Å². The quantitative estimate of drug-likeness (QED) is 0.608. The molecule has 2 heterocycles. The average molecular weight is 424 g/mol. The second-order valence-electron chi connectivity index (χ2n) is 7.72. The monoisotopic (exact) mass is 423 g/mol. The zero-order valence-electron chi connectivity index (χ0n) is 16.8. The van der Waals surface area contributed by atoms with Crippen molar-refractivity contribution < 1.29 is 18.8 Å². The van der Waals surface area contributed by atoms with Crippen LogP contribution < -0.4 is 5.32 Å². The van der Waals surface area contributed by atoms with E-state index in [4.69, 9.17) is 0 Å². The van der Waals surface area contributed by atoms with Gasteiger partial charge in [0.2, 0.25) is 11.8 Å².